The van der Waals surface area contributed by atoms with E-state index in [0.29, 0.717) is 0 Å². The SMILES string of the molecule is C=C/C(=C\C=C(/C)C/C=C\C=C/C)C(O)c1ccc(-c2ccccc2)cc1. The van der Waals surface area contributed by atoms with Crippen LogP contribution in [0.1, 0.15) is 31.9 Å². The molecule has 1 heteroatoms. The van der Waals surface area contributed by atoms with Gasteiger partial charge in [-0.05, 0) is 42.5 Å². The molecule has 0 aliphatic carbocycles. The topological polar surface area (TPSA) is 20.2 Å². The van der Waals surface area contributed by atoms with Crippen molar-refractivity contribution in [3.8, 4) is 11.1 Å². The first kappa shape index (κ1) is 20.4. The van der Waals surface area contributed by atoms with Crippen LogP contribution in [0.25, 0.3) is 11.1 Å². The third-order valence-corrected chi connectivity index (χ3v) is 4.32. The van der Waals surface area contributed by atoms with Crippen LogP contribution >= 0.6 is 0 Å². The zero-order chi connectivity index (χ0) is 19.5. The summed E-state index contributed by atoms with van der Waals surface area (Å²) >= 11 is 0. The highest BCUT2D eigenvalue weighted by atomic mass is 16.3. The monoisotopic (exact) mass is 356 g/mol. The molecule has 0 aliphatic heterocycles. The number of rotatable bonds is 8. The fraction of sp³-hybridized carbons (Fsp3) is 0.154. The van der Waals surface area contributed by atoms with Crippen molar-refractivity contribution in [3.63, 3.8) is 0 Å². The van der Waals surface area contributed by atoms with Crippen LogP contribution in [0.5, 0.6) is 0 Å². The summed E-state index contributed by atoms with van der Waals surface area (Å²) in [6.07, 6.45) is 14.1. The molecule has 1 unspecified atom stereocenters. The molecule has 0 fully saturated rings. The van der Waals surface area contributed by atoms with Gasteiger partial charge in [0.25, 0.3) is 0 Å². The lowest BCUT2D eigenvalue weighted by Crippen LogP contribution is -1.99. The molecule has 0 heterocycles. The van der Waals surface area contributed by atoms with Crippen LogP contribution in [0.2, 0.25) is 0 Å². The van der Waals surface area contributed by atoms with Crippen LogP contribution in [0.4, 0.5) is 0 Å². The predicted molar refractivity (Wildman–Crippen MR) is 117 cm³/mol. The number of benzene rings is 2. The minimum absolute atomic E-state index is 0.685. The second kappa shape index (κ2) is 10.9. The maximum atomic E-state index is 10.7. The fourth-order valence-electron chi connectivity index (χ4n) is 2.70. The minimum Gasteiger partial charge on any atom is -0.384 e. The lowest BCUT2D eigenvalue weighted by Gasteiger charge is -2.13. The van der Waals surface area contributed by atoms with Crippen LogP contribution < -0.4 is 0 Å². The molecule has 0 saturated carbocycles. The Hall–Kier alpha value is -2.90. The molecular weight excluding hydrogens is 328 g/mol. The van der Waals surface area contributed by atoms with Crippen LogP contribution in [-0.2, 0) is 0 Å². The summed E-state index contributed by atoms with van der Waals surface area (Å²) in [6, 6.07) is 18.3. The van der Waals surface area contributed by atoms with Crippen LogP contribution in [0.15, 0.2) is 115 Å². The van der Waals surface area contributed by atoms with Crippen molar-refractivity contribution < 1.29 is 5.11 Å². The van der Waals surface area contributed by atoms with Crippen molar-refractivity contribution >= 4 is 0 Å². The summed E-state index contributed by atoms with van der Waals surface area (Å²) in [5, 5.41) is 10.7. The molecule has 1 atom stereocenters. The van der Waals surface area contributed by atoms with Gasteiger partial charge in [0.1, 0.15) is 6.10 Å². The highest BCUT2D eigenvalue weighted by Crippen LogP contribution is 2.26. The maximum absolute atomic E-state index is 10.7. The molecule has 2 rings (SSSR count). The third kappa shape index (κ3) is 6.40. The molecule has 0 saturated heterocycles. The van der Waals surface area contributed by atoms with Gasteiger partial charge in [0.15, 0.2) is 0 Å². The second-order valence-electron chi connectivity index (χ2n) is 6.43. The highest BCUT2D eigenvalue weighted by molar-refractivity contribution is 5.63. The van der Waals surface area contributed by atoms with Gasteiger partial charge in [-0.15, -0.1) is 0 Å². The average molecular weight is 357 g/mol. The number of allylic oxidation sites excluding steroid dienone is 7. The Kier molecular flexibility index (Phi) is 8.28. The van der Waals surface area contributed by atoms with E-state index in [1.54, 1.807) is 6.08 Å². The zero-order valence-electron chi connectivity index (χ0n) is 16.2. The molecular formula is C26H28O. The van der Waals surface area contributed by atoms with E-state index in [9.17, 15) is 5.11 Å². The lowest BCUT2D eigenvalue weighted by atomic mass is 9.97. The van der Waals surface area contributed by atoms with Gasteiger partial charge in [-0.1, -0.05) is 109 Å². The number of aliphatic hydroxyl groups excluding tert-OH is 1. The lowest BCUT2D eigenvalue weighted by molar-refractivity contribution is 0.219. The largest absolute Gasteiger partial charge is 0.384 e. The van der Waals surface area contributed by atoms with Crippen molar-refractivity contribution in [3.05, 3.63) is 120 Å². The van der Waals surface area contributed by atoms with Gasteiger partial charge in [-0.25, -0.2) is 0 Å². The first-order valence-electron chi connectivity index (χ1n) is 9.26. The zero-order valence-corrected chi connectivity index (χ0v) is 16.2. The van der Waals surface area contributed by atoms with Gasteiger partial charge in [-0.2, -0.15) is 0 Å². The molecule has 0 radical (unpaired) electrons. The Morgan fingerprint density at radius 3 is 2.26 bits per heavy atom. The van der Waals surface area contributed by atoms with Crippen molar-refractivity contribution in [2.45, 2.75) is 26.4 Å². The van der Waals surface area contributed by atoms with E-state index in [0.717, 1.165) is 23.1 Å². The summed E-state index contributed by atoms with van der Waals surface area (Å²) in [7, 11) is 0. The van der Waals surface area contributed by atoms with Crippen molar-refractivity contribution in [1.82, 2.24) is 0 Å². The first-order valence-corrected chi connectivity index (χ1v) is 9.26. The molecule has 27 heavy (non-hydrogen) atoms. The molecule has 2 aromatic carbocycles. The molecule has 2 aromatic rings. The summed E-state index contributed by atoms with van der Waals surface area (Å²) < 4.78 is 0. The van der Waals surface area contributed by atoms with E-state index in [4.69, 9.17) is 0 Å². The van der Waals surface area contributed by atoms with Gasteiger partial charge in [0.05, 0.1) is 0 Å². The van der Waals surface area contributed by atoms with E-state index >= 15 is 0 Å². The van der Waals surface area contributed by atoms with Gasteiger partial charge < -0.3 is 5.11 Å². The molecule has 0 amide bonds. The van der Waals surface area contributed by atoms with Crippen molar-refractivity contribution in [2.24, 2.45) is 0 Å². The van der Waals surface area contributed by atoms with E-state index in [1.807, 2.05) is 79.8 Å². The van der Waals surface area contributed by atoms with Crippen LogP contribution in [0, 0.1) is 0 Å². The number of hydrogen-bond donors (Lipinski definition) is 1. The Labute approximate surface area is 163 Å². The quantitative estimate of drug-likeness (QED) is 0.506. The Balaban J connectivity index is 2.11. The Morgan fingerprint density at radius 2 is 1.63 bits per heavy atom. The van der Waals surface area contributed by atoms with Gasteiger partial charge in [0, 0.05) is 0 Å². The van der Waals surface area contributed by atoms with E-state index in [-0.39, 0.29) is 0 Å². The predicted octanol–water partition coefficient (Wildman–Crippen LogP) is 6.97. The van der Waals surface area contributed by atoms with Crippen molar-refractivity contribution in [2.75, 3.05) is 0 Å². The standard InChI is InChI=1S/C26H28O/c1-4-6-7-9-12-21(3)15-16-22(5-2)26(27)25-19-17-24(18-20-25)23-13-10-8-11-14-23/h4-11,13-20,26-27H,2,12H2,1,3H3/b6-4-,9-7-,21-15+,22-16+. The molecule has 1 nitrogen and oxygen atoms in total. The fourth-order valence-corrected chi connectivity index (χ4v) is 2.70. The van der Waals surface area contributed by atoms with Gasteiger partial charge in [0.2, 0.25) is 0 Å². The molecule has 0 aliphatic rings. The summed E-state index contributed by atoms with van der Waals surface area (Å²) in [5.74, 6) is 0. The van der Waals surface area contributed by atoms with Crippen LogP contribution in [-0.4, -0.2) is 5.11 Å². The molecule has 0 bridgehead atoms. The highest BCUT2D eigenvalue weighted by Gasteiger charge is 2.10. The summed E-state index contributed by atoms with van der Waals surface area (Å²) in [6.45, 7) is 7.94. The van der Waals surface area contributed by atoms with Gasteiger partial charge in [-0.3, -0.25) is 0 Å². The molecule has 138 valence electrons. The summed E-state index contributed by atoms with van der Waals surface area (Å²) in [4.78, 5) is 0. The normalized spacial score (nSPS) is 14.0. The molecule has 0 aromatic heterocycles. The molecule has 1 N–H and O–H groups in total. The van der Waals surface area contributed by atoms with E-state index in [2.05, 4.69) is 31.7 Å². The average Bonchev–Trinajstić information content (AvgIpc) is 2.72. The second-order valence-corrected chi connectivity index (χ2v) is 6.43. The number of hydrogen-bond acceptors (Lipinski definition) is 1. The van der Waals surface area contributed by atoms with Crippen LogP contribution in [0.3, 0.4) is 0 Å². The van der Waals surface area contributed by atoms with E-state index < -0.39 is 6.10 Å². The van der Waals surface area contributed by atoms with Gasteiger partial charge >= 0.3 is 0 Å². The smallest absolute Gasteiger partial charge is 0.104 e. The minimum atomic E-state index is -0.685. The summed E-state index contributed by atoms with van der Waals surface area (Å²) in [5.41, 5.74) is 5.18. The number of aliphatic hydroxyl groups is 1. The Bertz CT molecular complexity index is 834. The van der Waals surface area contributed by atoms with Crippen molar-refractivity contribution in [1.29, 1.82) is 0 Å². The maximum Gasteiger partial charge on any atom is 0.104 e. The first-order chi connectivity index (χ1) is 13.2. The third-order valence-electron chi connectivity index (χ3n) is 4.32. The molecule has 0 spiro atoms. The van der Waals surface area contributed by atoms with E-state index in [1.165, 1.54) is 11.1 Å². The Morgan fingerprint density at radius 1 is 0.963 bits per heavy atom.